The summed E-state index contributed by atoms with van der Waals surface area (Å²) >= 11 is 0. The maximum absolute atomic E-state index is 13.2. The third-order valence-corrected chi connectivity index (χ3v) is 8.95. The molecule has 7 nitrogen and oxygen atoms in total. The Bertz CT molecular complexity index is 1140. The van der Waals surface area contributed by atoms with E-state index in [4.69, 9.17) is 9.47 Å². The molecule has 0 radical (unpaired) electrons. The molecule has 0 N–H and O–H groups in total. The Kier molecular flexibility index (Phi) is 8.14. The van der Waals surface area contributed by atoms with Crippen LogP contribution in [0.2, 0.25) is 0 Å². The van der Waals surface area contributed by atoms with E-state index < -0.39 is 10.0 Å². The molecule has 4 rings (SSSR count). The molecule has 35 heavy (non-hydrogen) atoms. The zero-order valence-corrected chi connectivity index (χ0v) is 21.7. The van der Waals surface area contributed by atoms with Crippen LogP contribution in [-0.4, -0.2) is 69.0 Å². The molecule has 2 aromatic carbocycles. The van der Waals surface area contributed by atoms with Crippen molar-refractivity contribution >= 4 is 15.9 Å². The molecule has 2 saturated heterocycles. The molecule has 2 aliphatic heterocycles. The molecule has 2 heterocycles. The van der Waals surface area contributed by atoms with Crippen LogP contribution in [0.4, 0.5) is 0 Å². The lowest BCUT2D eigenvalue weighted by Crippen LogP contribution is -2.41. The van der Waals surface area contributed by atoms with Crippen molar-refractivity contribution in [3.63, 3.8) is 0 Å². The summed E-state index contributed by atoms with van der Waals surface area (Å²) in [5.41, 5.74) is 3.56. The number of sulfonamides is 1. The second kappa shape index (κ2) is 11.1. The SMILES string of the molecule is CCc1cccc(C)c1C(=O)N1CC[C@H](Oc2cccc(CS(=O)(=O)N(C)C3CCOCC3)c2)C1. The minimum atomic E-state index is -3.45. The van der Waals surface area contributed by atoms with Crippen LogP contribution < -0.4 is 4.74 Å². The number of hydrogen-bond donors (Lipinski definition) is 0. The maximum atomic E-state index is 13.2. The van der Waals surface area contributed by atoms with Gasteiger partial charge < -0.3 is 14.4 Å². The Morgan fingerprint density at radius 3 is 2.63 bits per heavy atom. The summed E-state index contributed by atoms with van der Waals surface area (Å²) in [6.07, 6.45) is 2.88. The molecule has 0 unspecified atom stereocenters. The number of likely N-dealkylation sites (tertiary alicyclic amines) is 1. The average molecular weight is 501 g/mol. The third kappa shape index (κ3) is 6.05. The van der Waals surface area contributed by atoms with Crippen molar-refractivity contribution in [3.8, 4) is 5.75 Å². The van der Waals surface area contributed by atoms with Crippen molar-refractivity contribution in [2.24, 2.45) is 0 Å². The molecule has 2 aliphatic rings. The van der Waals surface area contributed by atoms with Crippen molar-refractivity contribution in [3.05, 3.63) is 64.7 Å². The quantitative estimate of drug-likeness (QED) is 0.551. The molecule has 2 fully saturated rings. The first kappa shape index (κ1) is 25.7. The molecule has 0 aromatic heterocycles. The van der Waals surface area contributed by atoms with Crippen molar-refractivity contribution in [1.29, 1.82) is 0 Å². The van der Waals surface area contributed by atoms with Crippen LogP contribution in [0.25, 0.3) is 0 Å². The van der Waals surface area contributed by atoms with E-state index in [-0.39, 0.29) is 23.8 Å². The second-order valence-corrected chi connectivity index (χ2v) is 11.5. The number of carbonyl (C=O) groups excluding carboxylic acids is 1. The molecule has 2 aromatic rings. The summed E-state index contributed by atoms with van der Waals surface area (Å²) in [4.78, 5) is 15.1. The minimum absolute atomic E-state index is 0.0170. The van der Waals surface area contributed by atoms with Crippen molar-refractivity contribution in [2.75, 3.05) is 33.4 Å². The number of benzene rings is 2. The van der Waals surface area contributed by atoms with Crippen molar-refractivity contribution in [2.45, 2.75) is 57.4 Å². The van der Waals surface area contributed by atoms with E-state index in [1.54, 1.807) is 13.1 Å². The normalized spacial score (nSPS) is 19.3. The molecule has 1 atom stereocenters. The number of rotatable bonds is 8. The molecule has 0 bridgehead atoms. The first-order chi connectivity index (χ1) is 16.8. The van der Waals surface area contributed by atoms with Crippen LogP contribution in [0.3, 0.4) is 0 Å². The summed E-state index contributed by atoms with van der Waals surface area (Å²) in [5.74, 6) is 0.623. The predicted molar refractivity (Wildman–Crippen MR) is 136 cm³/mol. The molecule has 1 amide bonds. The van der Waals surface area contributed by atoms with Gasteiger partial charge >= 0.3 is 0 Å². The van der Waals surface area contributed by atoms with E-state index in [2.05, 4.69) is 6.92 Å². The number of hydrogen-bond acceptors (Lipinski definition) is 5. The molecular weight excluding hydrogens is 464 g/mol. The number of nitrogens with zero attached hydrogens (tertiary/aromatic N) is 2. The number of carbonyl (C=O) groups is 1. The second-order valence-electron chi connectivity index (χ2n) is 9.51. The van der Waals surface area contributed by atoms with E-state index in [9.17, 15) is 13.2 Å². The van der Waals surface area contributed by atoms with Gasteiger partial charge in [0.1, 0.15) is 11.9 Å². The van der Waals surface area contributed by atoms with Gasteiger partial charge in [-0.25, -0.2) is 12.7 Å². The van der Waals surface area contributed by atoms with Crippen LogP contribution in [0, 0.1) is 6.92 Å². The van der Waals surface area contributed by atoms with Gasteiger partial charge in [-0.3, -0.25) is 4.79 Å². The molecule has 190 valence electrons. The van der Waals surface area contributed by atoms with E-state index in [0.29, 0.717) is 37.6 Å². The number of amides is 1. The van der Waals surface area contributed by atoms with Gasteiger partial charge in [-0.05, 0) is 55.0 Å². The highest BCUT2D eigenvalue weighted by Gasteiger charge is 2.31. The fourth-order valence-electron chi connectivity index (χ4n) is 4.99. The predicted octanol–water partition coefficient (Wildman–Crippen LogP) is 3.79. The van der Waals surface area contributed by atoms with E-state index in [0.717, 1.165) is 42.4 Å². The van der Waals surface area contributed by atoms with Crippen LogP contribution >= 0.6 is 0 Å². The highest BCUT2D eigenvalue weighted by Crippen LogP contribution is 2.25. The Balaban J connectivity index is 1.38. The smallest absolute Gasteiger partial charge is 0.254 e. The zero-order chi connectivity index (χ0) is 25.0. The fraction of sp³-hybridized carbons (Fsp3) is 0.519. The number of ether oxygens (including phenoxy) is 2. The third-order valence-electron chi connectivity index (χ3n) is 7.08. The highest BCUT2D eigenvalue weighted by atomic mass is 32.2. The van der Waals surface area contributed by atoms with E-state index in [1.165, 1.54) is 4.31 Å². The molecule has 0 spiro atoms. The summed E-state index contributed by atoms with van der Waals surface area (Å²) in [5, 5.41) is 0. The Labute approximate surface area is 209 Å². The van der Waals surface area contributed by atoms with Gasteiger partial charge in [-0.1, -0.05) is 37.3 Å². The zero-order valence-electron chi connectivity index (χ0n) is 20.9. The first-order valence-corrected chi connectivity index (χ1v) is 14.1. The largest absolute Gasteiger partial charge is 0.489 e. The Morgan fingerprint density at radius 1 is 1.14 bits per heavy atom. The number of aryl methyl sites for hydroxylation is 2. The van der Waals surface area contributed by atoms with E-state index in [1.807, 2.05) is 48.2 Å². The molecule has 8 heteroatoms. The fourth-order valence-corrected chi connectivity index (χ4v) is 6.45. The summed E-state index contributed by atoms with van der Waals surface area (Å²) < 4.78 is 39.0. The van der Waals surface area contributed by atoms with Crippen LogP contribution in [-0.2, 0) is 26.9 Å². The highest BCUT2D eigenvalue weighted by molar-refractivity contribution is 7.88. The van der Waals surface area contributed by atoms with Gasteiger partial charge in [0.05, 0.1) is 12.3 Å². The molecular formula is C27H36N2O5S. The van der Waals surface area contributed by atoms with Crippen LogP contribution in [0.5, 0.6) is 5.75 Å². The summed E-state index contributed by atoms with van der Waals surface area (Å²) in [7, 11) is -1.79. The van der Waals surface area contributed by atoms with Crippen molar-refractivity contribution < 1.29 is 22.7 Å². The van der Waals surface area contributed by atoms with Crippen LogP contribution in [0.1, 0.15) is 53.2 Å². The lowest BCUT2D eigenvalue weighted by Gasteiger charge is -2.30. The summed E-state index contributed by atoms with van der Waals surface area (Å²) in [6.45, 7) is 6.40. The van der Waals surface area contributed by atoms with Gasteiger partial charge in [0.25, 0.3) is 5.91 Å². The monoisotopic (exact) mass is 500 g/mol. The minimum Gasteiger partial charge on any atom is -0.489 e. The Hall–Kier alpha value is -2.42. The van der Waals surface area contributed by atoms with Gasteiger partial charge in [0, 0.05) is 44.8 Å². The maximum Gasteiger partial charge on any atom is 0.254 e. The van der Waals surface area contributed by atoms with Gasteiger partial charge in [-0.2, -0.15) is 0 Å². The average Bonchev–Trinajstić information content (AvgIpc) is 3.32. The van der Waals surface area contributed by atoms with Gasteiger partial charge in [-0.15, -0.1) is 0 Å². The first-order valence-electron chi connectivity index (χ1n) is 12.4. The standard InChI is InChI=1S/C27H36N2O5S/c1-4-22-9-5-7-20(2)26(22)27(30)29-14-11-25(18-29)34-24-10-6-8-21(17-24)19-35(31,32)28(3)23-12-15-33-16-13-23/h5-10,17,23,25H,4,11-16,18-19H2,1-3H3/t25-/m0/s1. The molecule has 0 saturated carbocycles. The van der Waals surface area contributed by atoms with Crippen LogP contribution in [0.15, 0.2) is 42.5 Å². The lowest BCUT2D eigenvalue weighted by molar-refractivity contribution is 0.0632. The van der Waals surface area contributed by atoms with Crippen molar-refractivity contribution in [1.82, 2.24) is 9.21 Å². The van der Waals surface area contributed by atoms with Gasteiger partial charge in [0.15, 0.2) is 0 Å². The lowest BCUT2D eigenvalue weighted by atomic mass is 9.99. The molecule has 0 aliphatic carbocycles. The Morgan fingerprint density at radius 2 is 1.89 bits per heavy atom. The van der Waals surface area contributed by atoms with E-state index >= 15 is 0 Å². The van der Waals surface area contributed by atoms with Gasteiger partial charge in [0.2, 0.25) is 10.0 Å². The summed E-state index contributed by atoms with van der Waals surface area (Å²) in [6, 6.07) is 13.3. The topological polar surface area (TPSA) is 76.2 Å².